The number of nitrogens with zero attached hydrogens (tertiary/aromatic N) is 2. The molecule has 3 aromatic rings. The summed E-state index contributed by atoms with van der Waals surface area (Å²) in [4.78, 5) is 16.0. The third kappa shape index (κ3) is 4.26. The van der Waals surface area contributed by atoms with Gasteiger partial charge in [-0.15, -0.1) is 11.3 Å². The van der Waals surface area contributed by atoms with Gasteiger partial charge in [0.05, 0.1) is 5.69 Å². The number of aromatic nitrogens is 1. The fourth-order valence-corrected chi connectivity index (χ4v) is 3.50. The first-order valence-electron chi connectivity index (χ1n) is 7.76. The molecule has 4 nitrogen and oxygen atoms in total. The lowest BCUT2D eigenvalue weighted by molar-refractivity contribution is 0.101. The summed E-state index contributed by atoms with van der Waals surface area (Å²) in [5, 5.41) is 15.1. The summed E-state index contributed by atoms with van der Waals surface area (Å²) in [7, 11) is 0. The third-order valence-corrected chi connectivity index (χ3v) is 5.00. The van der Waals surface area contributed by atoms with Gasteiger partial charge in [0, 0.05) is 32.9 Å². The number of Topliss-reactive ketones (excluding diaryl/α,β-unsaturated/α-hetero) is 1. The normalized spacial score (nSPS) is 11.0. The molecule has 6 heteroatoms. The number of hydrogen-bond acceptors (Lipinski definition) is 5. The Morgan fingerprint density at radius 1 is 1.27 bits per heavy atom. The van der Waals surface area contributed by atoms with Crippen LogP contribution in [0.5, 0.6) is 0 Å². The highest BCUT2D eigenvalue weighted by molar-refractivity contribution is 9.10. The lowest BCUT2D eigenvalue weighted by atomic mass is 10.1. The fraction of sp³-hybridized carbons (Fsp3) is 0.0500. The molecule has 0 amide bonds. The number of ketones is 1. The highest BCUT2D eigenvalue weighted by Gasteiger charge is 2.09. The molecule has 1 N–H and O–H groups in total. The van der Waals surface area contributed by atoms with Crippen LogP contribution in [0.1, 0.15) is 22.3 Å². The third-order valence-electron chi connectivity index (χ3n) is 3.63. The molecule has 0 unspecified atom stereocenters. The minimum Gasteiger partial charge on any atom is -0.360 e. The first-order chi connectivity index (χ1) is 12.6. The zero-order chi connectivity index (χ0) is 18.5. The summed E-state index contributed by atoms with van der Waals surface area (Å²) in [5.74, 6) is -0.00303. The van der Waals surface area contributed by atoms with Crippen molar-refractivity contribution >= 4 is 44.3 Å². The van der Waals surface area contributed by atoms with Crippen LogP contribution in [0.4, 0.5) is 5.69 Å². The highest BCUT2D eigenvalue weighted by Crippen LogP contribution is 2.27. The van der Waals surface area contributed by atoms with Crippen LogP contribution in [0.3, 0.4) is 0 Å². The Morgan fingerprint density at radius 3 is 2.81 bits per heavy atom. The van der Waals surface area contributed by atoms with Gasteiger partial charge in [-0.05, 0) is 31.2 Å². The van der Waals surface area contributed by atoms with Crippen LogP contribution in [-0.4, -0.2) is 10.8 Å². The summed E-state index contributed by atoms with van der Waals surface area (Å²) in [6, 6.07) is 17.2. The maximum absolute atomic E-state index is 11.5. The van der Waals surface area contributed by atoms with E-state index in [0.29, 0.717) is 16.1 Å². The molecule has 0 saturated heterocycles. The van der Waals surface area contributed by atoms with E-state index in [1.165, 1.54) is 18.3 Å². The molecule has 0 aliphatic carbocycles. The maximum Gasteiger partial charge on any atom is 0.159 e. The molecular formula is C20H14BrN3OS. The van der Waals surface area contributed by atoms with Gasteiger partial charge in [0.25, 0.3) is 0 Å². The molecule has 1 heterocycles. The average Bonchev–Trinajstić information content (AvgIpc) is 3.12. The van der Waals surface area contributed by atoms with E-state index in [2.05, 4.69) is 32.3 Å². The van der Waals surface area contributed by atoms with Crippen LogP contribution in [0.15, 0.2) is 64.6 Å². The zero-order valence-corrected chi connectivity index (χ0v) is 16.3. The molecule has 128 valence electrons. The maximum atomic E-state index is 11.5. The van der Waals surface area contributed by atoms with Gasteiger partial charge < -0.3 is 5.32 Å². The number of allylic oxidation sites excluding steroid dienone is 1. The quantitative estimate of drug-likeness (QED) is 0.418. The molecule has 1 aromatic heterocycles. The van der Waals surface area contributed by atoms with Crippen molar-refractivity contribution in [1.82, 2.24) is 4.98 Å². The van der Waals surface area contributed by atoms with E-state index in [9.17, 15) is 10.1 Å². The van der Waals surface area contributed by atoms with Crippen LogP contribution in [0.25, 0.3) is 16.8 Å². The van der Waals surface area contributed by atoms with Crippen LogP contribution in [0, 0.1) is 11.3 Å². The lowest BCUT2D eigenvalue weighted by Gasteiger charge is -2.03. The summed E-state index contributed by atoms with van der Waals surface area (Å²) < 4.78 is 0.979. The van der Waals surface area contributed by atoms with Crippen LogP contribution < -0.4 is 5.32 Å². The molecule has 0 atom stereocenters. The number of thiazole rings is 1. The smallest absolute Gasteiger partial charge is 0.159 e. The largest absolute Gasteiger partial charge is 0.360 e. The Bertz CT molecular complexity index is 1030. The molecule has 3 rings (SSSR count). The minimum atomic E-state index is -0.00303. The number of anilines is 1. The monoisotopic (exact) mass is 423 g/mol. The van der Waals surface area contributed by atoms with Crippen molar-refractivity contribution in [2.75, 3.05) is 5.32 Å². The van der Waals surface area contributed by atoms with E-state index in [-0.39, 0.29) is 5.78 Å². The van der Waals surface area contributed by atoms with Crippen molar-refractivity contribution in [3.05, 3.63) is 75.2 Å². The average molecular weight is 424 g/mol. The van der Waals surface area contributed by atoms with Gasteiger partial charge in [0.15, 0.2) is 5.78 Å². The van der Waals surface area contributed by atoms with Crippen LogP contribution >= 0.6 is 27.3 Å². The minimum absolute atomic E-state index is 0.00303. The molecule has 0 radical (unpaired) electrons. The SMILES string of the molecule is CC(=O)c1cccc(N/C=C(\C#N)c2nc(-c3cccc(Br)c3)cs2)c1. The number of nitrogens with one attached hydrogen (secondary N) is 1. The van der Waals surface area contributed by atoms with E-state index in [1.54, 1.807) is 24.4 Å². The van der Waals surface area contributed by atoms with E-state index in [4.69, 9.17) is 0 Å². The fourth-order valence-electron chi connectivity index (χ4n) is 2.30. The van der Waals surface area contributed by atoms with E-state index in [0.717, 1.165) is 21.4 Å². The Hall–Kier alpha value is -2.75. The summed E-state index contributed by atoms with van der Waals surface area (Å²) >= 11 is 4.87. The standard InChI is InChI=1S/C20H14BrN3OS/c1-13(25)14-4-3-7-18(9-14)23-11-16(10-22)20-24-19(12-26-20)15-5-2-6-17(21)8-15/h2-9,11-12,23H,1H3/b16-11+. The van der Waals surface area contributed by atoms with Crippen molar-refractivity contribution in [3.63, 3.8) is 0 Å². The van der Waals surface area contributed by atoms with Crippen molar-refractivity contribution < 1.29 is 4.79 Å². The van der Waals surface area contributed by atoms with Gasteiger partial charge >= 0.3 is 0 Å². The molecule has 2 aromatic carbocycles. The van der Waals surface area contributed by atoms with Crippen molar-refractivity contribution in [2.45, 2.75) is 6.92 Å². The topological polar surface area (TPSA) is 65.8 Å². The van der Waals surface area contributed by atoms with Gasteiger partial charge in [-0.3, -0.25) is 4.79 Å². The van der Waals surface area contributed by atoms with E-state index >= 15 is 0 Å². The predicted molar refractivity (Wildman–Crippen MR) is 109 cm³/mol. The van der Waals surface area contributed by atoms with Crippen LogP contribution in [-0.2, 0) is 0 Å². The zero-order valence-electron chi connectivity index (χ0n) is 13.9. The molecule has 0 fully saturated rings. The Balaban J connectivity index is 1.83. The van der Waals surface area contributed by atoms with Crippen molar-refractivity contribution in [1.29, 1.82) is 5.26 Å². The summed E-state index contributed by atoms with van der Waals surface area (Å²) in [6.45, 7) is 1.52. The van der Waals surface area contributed by atoms with E-state index in [1.807, 2.05) is 35.7 Å². The Labute approximate surface area is 164 Å². The molecule has 0 aliphatic heterocycles. The highest BCUT2D eigenvalue weighted by atomic mass is 79.9. The number of rotatable bonds is 5. The number of benzene rings is 2. The predicted octanol–water partition coefficient (Wildman–Crippen LogP) is 5.75. The van der Waals surface area contributed by atoms with Gasteiger partial charge in [-0.25, -0.2) is 4.98 Å². The number of halogens is 1. The molecular weight excluding hydrogens is 410 g/mol. The second-order valence-corrected chi connectivity index (χ2v) is 7.27. The number of hydrogen-bond donors (Lipinski definition) is 1. The van der Waals surface area contributed by atoms with E-state index < -0.39 is 0 Å². The number of carbonyl (C=O) groups excluding carboxylic acids is 1. The van der Waals surface area contributed by atoms with Gasteiger partial charge in [0.2, 0.25) is 0 Å². The lowest BCUT2D eigenvalue weighted by Crippen LogP contribution is -1.95. The first-order valence-corrected chi connectivity index (χ1v) is 9.44. The molecule has 0 aliphatic rings. The molecule has 0 saturated carbocycles. The van der Waals surface area contributed by atoms with Crippen LogP contribution in [0.2, 0.25) is 0 Å². The first kappa shape index (κ1) is 18.1. The second kappa shape index (κ2) is 8.09. The Kier molecular flexibility index (Phi) is 5.61. The van der Waals surface area contributed by atoms with Crippen molar-refractivity contribution in [2.24, 2.45) is 0 Å². The molecule has 26 heavy (non-hydrogen) atoms. The van der Waals surface area contributed by atoms with Crippen molar-refractivity contribution in [3.8, 4) is 17.3 Å². The van der Waals surface area contributed by atoms with Gasteiger partial charge in [-0.1, -0.05) is 40.2 Å². The molecule has 0 bridgehead atoms. The Morgan fingerprint density at radius 2 is 2.08 bits per heavy atom. The summed E-state index contributed by atoms with van der Waals surface area (Å²) in [5.41, 5.74) is 3.61. The number of nitriles is 1. The second-order valence-electron chi connectivity index (χ2n) is 5.50. The van der Waals surface area contributed by atoms with Gasteiger partial charge in [-0.2, -0.15) is 5.26 Å². The number of carbonyl (C=O) groups is 1. The van der Waals surface area contributed by atoms with Gasteiger partial charge in [0.1, 0.15) is 16.6 Å². The summed E-state index contributed by atoms with van der Waals surface area (Å²) in [6.07, 6.45) is 1.61. The molecule has 0 spiro atoms.